The van der Waals surface area contributed by atoms with Gasteiger partial charge in [0, 0.05) is 5.56 Å². The van der Waals surface area contributed by atoms with Gasteiger partial charge in [-0.25, -0.2) is 4.39 Å². The van der Waals surface area contributed by atoms with E-state index in [1.54, 1.807) is 25.1 Å². The second-order valence-corrected chi connectivity index (χ2v) is 5.73. The molecule has 2 rings (SSSR count). The number of carbonyl (C=O) groups excluding carboxylic acids is 2. The maximum atomic E-state index is 13.7. The Balaban J connectivity index is 1.88. The van der Waals surface area contributed by atoms with Crippen molar-refractivity contribution >= 4 is 11.8 Å². The number of carbonyl (C=O) groups is 2. The van der Waals surface area contributed by atoms with Gasteiger partial charge in [0.2, 0.25) is 5.91 Å². The van der Waals surface area contributed by atoms with E-state index in [-0.39, 0.29) is 24.1 Å². The molecule has 0 aliphatic carbocycles. The highest BCUT2D eigenvalue weighted by Gasteiger charge is 2.13. The largest absolute Gasteiger partial charge is 0.494 e. The Morgan fingerprint density at radius 2 is 1.84 bits per heavy atom. The van der Waals surface area contributed by atoms with Crippen LogP contribution < -0.4 is 15.4 Å². The van der Waals surface area contributed by atoms with Gasteiger partial charge in [-0.15, -0.1) is 0 Å². The Bertz CT molecular complexity index is 760. The number of amides is 2. The maximum absolute atomic E-state index is 13.7. The second-order valence-electron chi connectivity index (χ2n) is 5.73. The van der Waals surface area contributed by atoms with Crippen molar-refractivity contribution in [2.75, 3.05) is 13.7 Å². The van der Waals surface area contributed by atoms with Crippen LogP contribution in [0, 0.1) is 12.7 Å². The summed E-state index contributed by atoms with van der Waals surface area (Å²) in [7, 11) is 1.39. The van der Waals surface area contributed by atoms with Gasteiger partial charge in [0.25, 0.3) is 5.91 Å². The smallest absolute Gasteiger partial charge is 0.251 e. The minimum absolute atomic E-state index is 0.146. The van der Waals surface area contributed by atoms with Crippen LogP contribution in [0.1, 0.15) is 34.5 Å². The van der Waals surface area contributed by atoms with Gasteiger partial charge in [-0.2, -0.15) is 0 Å². The number of halogens is 1. The van der Waals surface area contributed by atoms with Crippen molar-refractivity contribution in [1.29, 1.82) is 0 Å². The van der Waals surface area contributed by atoms with E-state index in [9.17, 15) is 14.0 Å². The zero-order valence-corrected chi connectivity index (χ0v) is 14.4. The van der Waals surface area contributed by atoms with Crippen molar-refractivity contribution < 1.29 is 18.7 Å². The Hall–Kier alpha value is -2.89. The molecule has 0 aliphatic rings. The van der Waals surface area contributed by atoms with Gasteiger partial charge in [0.15, 0.2) is 11.6 Å². The lowest BCUT2D eigenvalue weighted by molar-refractivity contribution is -0.120. The first kappa shape index (κ1) is 18.4. The third kappa shape index (κ3) is 5.04. The minimum atomic E-state index is -0.492. The quantitative estimate of drug-likeness (QED) is 0.847. The third-order valence-corrected chi connectivity index (χ3v) is 3.78. The van der Waals surface area contributed by atoms with Gasteiger partial charge < -0.3 is 15.4 Å². The molecule has 2 amide bonds. The number of aryl methyl sites for hydroxylation is 1. The molecule has 132 valence electrons. The van der Waals surface area contributed by atoms with E-state index in [0.29, 0.717) is 11.1 Å². The number of methoxy groups -OCH3 is 1. The Kier molecular flexibility index (Phi) is 6.11. The molecule has 2 aromatic rings. The Morgan fingerprint density at radius 1 is 1.16 bits per heavy atom. The third-order valence-electron chi connectivity index (χ3n) is 3.78. The first-order valence-electron chi connectivity index (χ1n) is 7.88. The number of rotatable bonds is 6. The van der Waals surface area contributed by atoms with E-state index < -0.39 is 11.9 Å². The molecule has 2 aromatic carbocycles. The zero-order valence-electron chi connectivity index (χ0n) is 14.4. The van der Waals surface area contributed by atoms with Gasteiger partial charge in [-0.1, -0.05) is 23.8 Å². The molecule has 25 heavy (non-hydrogen) atoms. The summed E-state index contributed by atoms with van der Waals surface area (Å²) in [6.45, 7) is 3.51. The van der Waals surface area contributed by atoms with Gasteiger partial charge in [0.05, 0.1) is 19.7 Å². The highest BCUT2D eigenvalue weighted by Crippen LogP contribution is 2.21. The zero-order chi connectivity index (χ0) is 18.4. The van der Waals surface area contributed by atoms with Crippen molar-refractivity contribution in [2.24, 2.45) is 0 Å². The fourth-order valence-corrected chi connectivity index (χ4v) is 2.30. The summed E-state index contributed by atoms with van der Waals surface area (Å²) in [6.07, 6.45) is 0. The van der Waals surface area contributed by atoms with Crippen LogP contribution in [0.5, 0.6) is 5.75 Å². The van der Waals surface area contributed by atoms with Crippen LogP contribution in [0.25, 0.3) is 0 Å². The van der Waals surface area contributed by atoms with Crippen molar-refractivity contribution in [2.45, 2.75) is 19.9 Å². The highest BCUT2D eigenvalue weighted by atomic mass is 19.1. The lowest BCUT2D eigenvalue weighted by Gasteiger charge is -2.15. The summed E-state index contributed by atoms with van der Waals surface area (Å²) in [5.41, 5.74) is 2.15. The molecule has 0 aliphatic heterocycles. The monoisotopic (exact) mass is 344 g/mol. The molecular weight excluding hydrogens is 323 g/mol. The molecule has 6 heteroatoms. The van der Waals surface area contributed by atoms with Gasteiger partial charge in [-0.3, -0.25) is 9.59 Å². The number of ether oxygens (including phenoxy) is 1. The van der Waals surface area contributed by atoms with Crippen molar-refractivity contribution in [3.05, 3.63) is 65.0 Å². The molecule has 0 saturated carbocycles. The molecule has 2 N–H and O–H groups in total. The average molecular weight is 344 g/mol. The van der Waals surface area contributed by atoms with Gasteiger partial charge in [-0.05, 0) is 43.7 Å². The number of benzene rings is 2. The van der Waals surface area contributed by atoms with Crippen molar-refractivity contribution in [1.82, 2.24) is 10.6 Å². The van der Waals surface area contributed by atoms with Gasteiger partial charge in [0.1, 0.15) is 0 Å². The maximum Gasteiger partial charge on any atom is 0.251 e. The van der Waals surface area contributed by atoms with Crippen LogP contribution in [-0.4, -0.2) is 25.5 Å². The second kappa shape index (κ2) is 8.28. The highest BCUT2D eigenvalue weighted by molar-refractivity contribution is 5.96. The lowest BCUT2D eigenvalue weighted by Crippen LogP contribution is -2.38. The standard InChI is InChI=1S/C19H21FN2O3/c1-12-4-6-14(7-5-12)19(24)21-11-18(23)22-13(2)15-8-9-17(25-3)16(20)10-15/h4-10,13H,11H2,1-3H3,(H,21,24)(H,22,23). The van der Waals surface area contributed by atoms with E-state index >= 15 is 0 Å². The van der Waals surface area contributed by atoms with Crippen LogP contribution in [0.2, 0.25) is 0 Å². The van der Waals surface area contributed by atoms with Crippen LogP contribution in [-0.2, 0) is 4.79 Å². The number of nitrogens with one attached hydrogen (secondary N) is 2. The predicted octanol–water partition coefficient (Wildman–Crippen LogP) is 2.75. The van der Waals surface area contributed by atoms with Gasteiger partial charge >= 0.3 is 0 Å². The topological polar surface area (TPSA) is 67.4 Å². The van der Waals surface area contributed by atoms with E-state index in [4.69, 9.17) is 4.74 Å². The average Bonchev–Trinajstić information content (AvgIpc) is 2.60. The summed E-state index contributed by atoms with van der Waals surface area (Å²) in [4.78, 5) is 24.0. The first-order chi connectivity index (χ1) is 11.9. The molecule has 1 unspecified atom stereocenters. The first-order valence-corrected chi connectivity index (χ1v) is 7.88. The van der Waals surface area contributed by atoms with Crippen LogP contribution in [0.15, 0.2) is 42.5 Å². The summed E-state index contributed by atoms with van der Waals surface area (Å²) in [5, 5.41) is 5.28. The Labute approximate surface area is 146 Å². The summed E-state index contributed by atoms with van der Waals surface area (Å²) >= 11 is 0. The molecule has 1 atom stereocenters. The fourth-order valence-electron chi connectivity index (χ4n) is 2.30. The van der Waals surface area contributed by atoms with Crippen LogP contribution >= 0.6 is 0 Å². The molecule has 0 saturated heterocycles. The molecule has 0 heterocycles. The van der Waals surface area contributed by atoms with E-state index in [1.165, 1.54) is 19.2 Å². The summed E-state index contributed by atoms with van der Waals surface area (Å²) in [5.74, 6) is -1.02. The molecule has 0 spiro atoms. The Morgan fingerprint density at radius 3 is 2.44 bits per heavy atom. The predicted molar refractivity (Wildman–Crippen MR) is 93.0 cm³/mol. The molecule has 0 bridgehead atoms. The number of hydrogen-bond donors (Lipinski definition) is 2. The molecular formula is C19H21FN2O3. The molecule has 0 fully saturated rings. The van der Waals surface area contributed by atoms with E-state index in [2.05, 4.69) is 10.6 Å². The summed E-state index contributed by atoms with van der Waals surface area (Å²) in [6, 6.07) is 11.2. The summed E-state index contributed by atoms with van der Waals surface area (Å²) < 4.78 is 18.6. The van der Waals surface area contributed by atoms with Crippen molar-refractivity contribution in [3.8, 4) is 5.75 Å². The number of hydrogen-bond acceptors (Lipinski definition) is 3. The SMILES string of the molecule is COc1ccc(C(C)NC(=O)CNC(=O)c2ccc(C)cc2)cc1F. The molecule has 0 radical (unpaired) electrons. The normalized spacial score (nSPS) is 11.5. The minimum Gasteiger partial charge on any atom is -0.494 e. The van der Waals surface area contributed by atoms with E-state index in [1.807, 2.05) is 19.1 Å². The fraction of sp³-hybridized carbons (Fsp3) is 0.263. The van der Waals surface area contributed by atoms with Crippen LogP contribution in [0.3, 0.4) is 0 Å². The van der Waals surface area contributed by atoms with Crippen molar-refractivity contribution in [3.63, 3.8) is 0 Å². The lowest BCUT2D eigenvalue weighted by atomic mass is 10.1. The molecule has 5 nitrogen and oxygen atoms in total. The van der Waals surface area contributed by atoms with Crippen LogP contribution in [0.4, 0.5) is 4.39 Å². The molecule has 0 aromatic heterocycles. The van der Waals surface area contributed by atoms with E-state index in [0.717, 1.165) is 5.56 Å².